The fourth-order valence-corrected chi connectivity index (χ4v) is 3.57. The maximum atomic E-state index is 13.8. The molecule has 2 rings (SSSR count). The highest BCUT2D eigenvalue weighted by Crippen LogP contribution is 2.26. The molecule has 6 heteroatoms. The number of rotatable bonds is 3. The molecule has 0 fully saturated rings. The minimum Gasteiger partial charge on any atom is -0.399 e. The number of aryl methyl sites for hydroxylation is 3. The number of anilines is 2. The molecule has 0 unspecified atom stereocenters. The molecule has 0 aliphatic carbocycles. The van der Waals surface area contributed by atoms with E-state index in [2.05, 4.69) is 4.72 Å². The predicted molar refractivity (Wildman–Crippen MR) is 82.3 cm³/mol. The lowest BCUT2D eigenvalue weighted by molar-refractivity contribution is 0.570. The van der Waals surface area contributed by atoms with Gasteiger partial charge in [-0.2, -0.15) is 0 Å². The average Bonchev–Trinajstić information content (AvgIpc) is 2.36. The minimum absolute atomic E-state index is 0.189. The Labute approximate surface area is 123 Å². The highest BCUT2D eigenvalue weighted by Gasteiger charge is 2.21. The Balaban J connectivity index is 2.50. The van der Waals surface area contributed by atoms with Gasteiger partial charge in [0.15, 0.2) is 0 Å². The van der Waals surface area contributed by atoms with Gasteiger partial charge in [-0.1, -0.05) is 17.7 Å². The van der Waals surface area contributed by atoms with Gasteiger partial charge in [0.25, 0.3) is 10.0 Å². The van der Waals surface area contributed by atoms with E-state index in [0.29, 0.717) is 5.69 Å². The van der Waals surface area contributed by atoms with Crippen molar-refractivity contribution in [3.05, 3.63) is 52.8 Å². The van der Waals surface area contributed by atoms with Gasteiger partial charge in [-0.25, -0.2) is 12.8 Å². The third kappa shape index (κ3) is 3.16. The van der Waals surface area contributed by atoms with Gasteiger partial charge in [0.1, 0.15) is 10.7 Å². The molecule has 0 amide bonds. The summed E-state index contributed by atoms with van der Waals surface area (Å²) in [6.45, 7) is 5.52. The largest absolute Gasteiger partial charge is 0.399 e. The minimum atomic E-state index is -4.03. The van der Waals surface area contributed by atoms with Crippen molar-refractivity contribution in [3.8, 4) is 0 Å². The van der Waals surface area contributed by atoms with Crippen molar-refractivity contribution in [1.82, 2.24) is 0 Å². The quantitative estimate of drug-likeness (QED) is 0.856. The van der Waals surface area contributed by atoms with Crippen LogP contribution in [0.5, 0.6) is 0 Å². The number of hydrogen-bond acceptors (Lipinski definition) is 3. The molecular formula is C15H17FN2O2S. The first-order valence-corrected chi connectivity index (χ1v) is 7.85. The van der Waals surface area contributed by atoms with Crippen molar-refractivity contribution < 1.29 is 12.8 Å². The third-order valence-electron chi connectivity index (χ3n) is 3.16. The summed E-state index contributed by atoms with van der Waals surface area (Å²) in [7, 11) is -4.03. The Hall–Kier alpha value is -2.08. The molecule has 0 saturated heterocycles. The van der Waals surface area contributed by atoms with Crippen LogP contribution < -0.4 is 10.5 Å². The van der Waals surface area contributed by atoms with Crippen LogP contribution in [0, 0.1) is 26.6 Å². The second kappa shape index (κ2) is 5.37. The third-order valence-corrected chi connectivity index (χ3v) is 4.52. The monoisotopic (exact) mass is 308 g/mol. The predicted octanol–water partition coefficient (Wildman–Crippen LogP) is 3.13. The number of sulfonamides is 1. The van der Waals surface area contributed by atoms with Crippen LogP contribution in [0.2, 0.25) is 0 Å². The van der Waals surface area contributed by atoms with E-state index >= 15 is 0 Å². The Bertz CT molecular complexity index is 778. The molecular weight excluding hydrogens is 291 g/mol. The van der Waals surface area contributed by atoms with Crippen molar-refractivity contribution in [3.63, 3.8) is 0 Å². The van der Waals surface area contributed by atoms with E-state index in [1.165, 1.54) is 6.07 Å². The molecule has 2 aromatic rings. The van der Waals surface area contributed by atoms with Gasteiger partial charge >= 0.3 is 0 Å². The van der Waals surface area contributed by atoms with Crippen molar-refractivity contribution in [2.75, 3.05) is 10.5 Å². The Morgan fingerprint density at radius 1 is 1.05 bits per heavy atom. The van der Waals surface area contributed by atoms with Crippen molar-refractivity contribution >= 4 is 21.4 Å². The zero-order valence-electron chi connectivity index (χ0n) is 12.1. The van der Waals surface area contributed by atoms with Gasteiger partial charge in [0.05, 0.1) is 5.69 Å². The second-order valence-electron chi connectivity index (χ2n) is 5.07. The Morgan fingerprint density at radius 3 is 2.19 bits per heavy atom. The van der Waals surface area contributed by atoms with Gasteiger partial charge < -0.3 is 5.73 Å². The van der Waals surface area contributed by atoms with Gasteiger partial charge in [-0.3, -0.25) is 4.72 Å². The molecule has 21 heavy (non-hydrogen) atoms. The molecule has 0 saturated carbocycles. The summed E-state index contributed by atoms with van der Waals surface area (Å²) in [5.74, 6) is -0.834. The Morgan fingerprint density at radius 2 is 1.62 bits per heavy atom. The summed E-state index contributed by atoms with van der Waals surface area (Å²) < 4.78 is 40.9. The van der Waals surface area contributed by atoms with E-state index in [4.69, 9.17) is 5.73 Å². The fraction of sp³-hybridized carbons (Fsp3) is 0.200. The van der Waals surface area contributed by atoms with E-state index in [0.717, 1.165) is 28.8 Å². The summed E-state index contributed by atoms with van der Waals surface area (Å²) >= 11 is 0. The van der Waals surface area contributed by atoms with E-state index in [1.54, 1.807) is 13.8 Å². The summed E-state index contributed by atoms with van der Waals surface area (Å²) in [4.78, 5) is -0.457. The molecule has 4 nitrogen and oxygen atoms in total. The molecule has 0 radical (unpaired) electrons. The number of hydrogen-bond donors (Lipinski definition) is 2. The molecule has 0 aliphatic rings. The molecule has 0 bridgehead atoms. The fourth-order valence-electron chi connectivity index (χ4n) is 2.26. The van der Waals surface area contributed by atoms with Gasteiger partial charge in [-0.05, 0) is 50.1 Å². The standard InChI is InChI=1S/C15H17FN2O2S/c1-9-6-10(2)15(11(3)7-9)18-21(19,20)14-8-12(17)4-5-13(14)16/h4-8,18H,17H2,1-3H3. The van der Waals surface area contributed by atoms with Crippen LogP contribution in [0.25, 0.3) is 0 Å². The number of nitrogen functional groups attached to an aromatic ring is 1. The zero-order valence-corrected chi connectivity index (χ0v) is 12.9. The van der Waals surface area contributed by atoms with Crippen molar-refractivity contribution in [2.45, 2.75) is 25.7 Å². The van der Waals surface area contributed by atoms with Crippen LogP contribution in [-0.2, 0) is 10.0 Å². The first-order chi connectivity index (χ1) is 9.70. The number of benzene rings is 2. The molecule has 2 aromatic carbocycles. The Kier molecular flexibility index (Phi) is 3.91. The van der Waals surface area contributed by atoms with E-state index in [1.807, 2.05) is 19.1 Å². The van der Waals surface area contributed by atoms with Crippen LogP contribution in [0.15, 0.2) is 35.2 Å². The van der Waals surface area contributed by atoms with Crippen LogP contribution in [0.1, 0.15) is 16.7 Å². The molecule has 0 spiro atoms. The molecule has 0 atom stereocenters. The molecule has 3 N–H and O–H groups in total. The number of nitrogens with one attached hydrogen (secondary N) is 1. The number of nitrogens with two attached hydrogens (primary N) is 1. The lowest BCUT2D eigenvalue weighted by Gasteiger charge is -2.15. The zero-order chi connectivity index (χ0) is 15.8. The van der Waals surface area contributed by atoms with Crippen molar-refractivity contribution in [1.29, 1.82) is 0 Å². The average molecular weight is 308 g/mol. The van der Waals surface area contributed by atoms with Crippen LogP contribution in [0.3, 0.4) is 0 Å². The summed E-state index contributed by atoms with van der Waals surface area (Å²) in [5.41, 5.74) is 8.77. The highest BCUT2D eigenvalue weighted by molar-refractivity contribution is 7.92. The van der Waals surface area contributed by atoms with E-state index in [9.17, 15) is 12.8 Å². The van der Waals surface area contributed by atoms with Crippen LogP contribution in [0.4, 0.5) is 15.8 Å². The van der Waals surface area contributed by atoms with Crippen LogP contribution in [-0.4, -0.2) is 8.42 Å². The maximum Gasteiger partial charge on any atom is 0.264 e. The maximum absolute atomic E-state index is 13.8. The second-order valence-corrected chi connectivity index (χ2v) is 6.72. The van der Waals surface area contributed by atoms with Gasteiger partial charge in [0, 0.05) is 5.69 Å². The summed E-state index contributed by atoms with van der Waals surface area (Å²) in [5, 5.41) is 0. The highest BCUT2D eigenvalue weighted by atomic mass is 32.2. The van der Waals surface area contributed by atoms with Gasteiger partial charge in [-0.15, -0.1) is 0 Å². The molecule has 0 heterocycles. The molecule has 112 valence electrons. The lowest BCUT2D eigenvalue weighted by Crippen LogP contribution is -2.16. The van der Waals surface area contributed by atoms with E-state index in [-0.39, 0.29) is 5.69 Å². The molecule has 0 aliphatic heterocycles. The van der Waals surface area contributed by atoms with Gasteiger partial charge in [0.2, 0.25) is 0 Å². The lowest BCUT2D eigenvalue weighted by atomic mass is 10.1. The summed E-state index contributed by atoms with van der Waals surface area (Å²) in [6.07, 6.45) is 0. The van der Waals surface area contributed by atoms with E-state index < -0.39 is 20.7 Å². The van der Waals surface area contributed by atoms with Crippen molar-refractivity contribution in [2.24, 2.45) is 0 Å². The smallest absolute Gasteiger partial charge is 0.264 e. The summed E-state index contributed by atoms with van der Waals surface area (Å²) in [6, 6.07) is 7.19. The first-order valence-electron chi connectivity index (χ1n) is 6.36. The number of halogens is 1. The topological polar surface area (TPSA) is 72.2 Å². The van der Waals surface area contributed by atoms with Crippen LogP contribution >= 0.6 is 0 Å². The molecule has 0 aromatic heterocycles. The first kappa shape index (κ1) is 15.3. The SMILES string of the molecule is Cc1cc(C)c(NS(=O)(=O)c2cc(N)ccc2F)c(C)c1. The normalized spacial score (nSPS) is 11.4.